The first-order valence-electron chi connectivity index (χ1n) is 6.35. The largest absolute Gasteiger partial charge is 0.459 e. The molecule has 2 aromatic rings. The molecule has 0 aliphatic heterocycles. The van der Waals surface area contributed by atoms with Crippen LogP contribution in [0.15, 0.2) is 52.1 Å². The molecule has 0 atom stereocenters. The Hall–Kier alpha value is -2.56. The lowest BCUT2D eigenvalue weighted by atomic mass is 10.2. The van der Waals surface area contributed by atoms with Crippen LogP contribution in [0.5, 0.6) is 0 Å². The minimum atomic E-state index is -0.286. The summed E-state index contributed by atoms with van der Waals surface area (Å²) >= 11 is 0. The van der Waals surface area contributed by atoms with Gasteiger partial charge in [0.05, 0.1) is 6.26 Å². The molecule has 0 saturated carbocycles. The van der Waals surface area contributed by atoms with E-state index in [0.717, 1.165) is 5.56 Å². The van der Waals surface area contributed by atoms with Crippen molar-refractivity contribution in [1.82, 2.24) is 0 Å². The van der Waals surface area contributed by atoms with Crippen LogP contribution in [-0.2, 0) is 0 Å². The van der Waals surface area contributed by atoms with Crippen LogP contribution in [0.1, 0.15) is 30.0 Å². The second kappa shape index (κ2) is 6.06. The summed E-state index contributed by atoms with van der Waals surface area (Å²) < 4.78 is 5.02. The van der Waals surface area contributed by atoms with Gasteiger partial charge < -0.3 is 15.5 Å². The van der Waals surface area contributed by atoms with E-state index in [0.29, 0.717) is 11.5 Å². The van der Waals surface area contributed by atoms with E-state index in [2.05, 4.69) is 10.3 Å². The highest BCUT2D eigenvalue weighted by molar-refractivity contribution is 6.03. The van der Waals surface area contributed by atoms with E-state index in [4.69, 9.17) is 10.2 Å². The van der Waals surface area contributed by atoms with E-state index in [1.165, 1.54) is 6.26 Å². The molecular formula is C15H17N3O2. The smallest absolute Gasteiger partial charge is 0.291 e. The summed E-state index contributed by atoms with van der Waals surface area (Å²) in [4.78, 5) is 16.1. The van der Waals surface area contributed by atoms with E-state index >= 15 is 0 Å². The predicted octanol–water partition coefficient (Wildman–Crippen LogP) is 2.65. The number of nitrogens with two attached hydrogens (primary N) is 1. The zero-order valence-corrected chi connectivity index (χ0v) is 11.5. The molecule has 1 aromatic heterocycles. The Morgan fingerprint density at radius 1 is 1.25 bits per heavy atom. The summed E-state index contributed by atoms with van der Waals surface area (Å²) in [6.45, 7) is 3.93. The van der Waals surface area contributed by atoms with Crippen molar-refractivity contribution in [2.75, 3.05) is 5.32 Å². The number of aliphatic imine (C=N–C) groups is 1. The Morgan fingerprint density at radius 3 is 2.50 bits per heavy atom. The topological polar surface area (TPSA) is 80.6 Å². The zero-order valence-electron chi connectivity index (χ0n) is 11.5. The predicted molar refractivity (Wildman–Crippen MR) is 79.0 cm³/mol. The molecule has 0 spiro atoms. The fourth-order valence-corrected chi connectivity index (χ4v) is 1.68. The zero-order chi connectivity index (χ0) is 14.5. The average molecular weight is 271 g/mol. The number of hydrogen-bond donors (Lipinski definition) is 2. The van der Waals surface area contributed by atoms with Crippen molar-refractivity contribution in [3.8, 4) is 0 Å². The number of anilines is 1. The van der Waals surface area contributed by atoms with E-state index in [9.17, 15) is 4.79 Å². The van der Waals surface area contributed by atoms with Crippen LogP contribution in [0.3, 0.4) is 0 Å². The van der Waals surface area contributed by atoms with Crippen molar-refractivity contribution in [2.45, 2.75) is 19.9 Å². The minimum Gasteiger partial charge on any atom is -0.459 e. The Balaban J connectivity index is 2.07. The van der Waals surface area contributed by atoms with E-state index in [-0.39, 0.29) is 17.7 Å². The van der Waals surface area contributed by atoms with Crippen LogP contribution in [-0.4, -0.2) is 17.8 Å². The first-order chi connectivity index (χ1) is 9.56. The summed E-state index contributed by atoms with van der Waals surface area (Å²) in [5.74, 6) is 0.477. The monoisotopic (exact) mass is 271 g/mol. The van der Waals surface area contributed by atoms with Crippen LogP contribution >= 0.6 is 0 Å². The van der Waals surface area contributed by atoms with Crippen LogP contribution in [0.4, 0.5) is 5.69 Å². The third-order valence-corrected chi connectivity index (χ3v) is 2.58. The Morgan fingerprint density at radius 2 is 1.95 bits per heavy atom. The quantitative estimate of drug-likeness (QED) is 0.662. The first kappa shape index (κ1) is 13.9. The summed E-state index contributed by atoms with van der Waals surface area (Å²) in [6.07, 6.45) is 1.46. The van der Waals surface area contributed by atoms with Gasteiger partial charge in [-0.1, -0.05) is 0 Å². The minimum absolute atomic E-state index is 0.147. The van der Waals surface area contributed by atoms with Gasteiger partial charge >= 0.3 is 0 Å². The molecule has 104 valence electrons. The van der Waals surface area contributed by atoms with Crippen molar-refractivity contribution < 1.29 is 9.21 Å². The summed E-state index contributed by atoms with van der Waals surface area (Å²) in [7, 11) is 0. The summed E-state index contributed by atoms with van der Waals surface area (Å²) in [5, 5.41) is 2.74. The third kappa shape index (κ3) is 3.47. The maximum absolute atomic E-state index is 11.8. The Kier molecular flexibility index (Phi) is 4.20. The molecule has 3 N–H and O–H groups in total. The highest BCUT2D eigenvalue weighted by Crippen LogP contribution is 2.12. The molecule has 20 heavy (non-hydrogen) atoms. The highest BCUT2D eigenvalue weighted by atomic mass is 16.3. The number of hydrogen-bond acceptors (Lipinski definition) is 3. The maximum atomic E-state index is 11.8. The van der Waals surface area contributed by atoms with Gasteiger partial charge in [-0.25, -0.2) is 0 Å². The molecule has 0 aliphatic carbocycles. The molecule has 1 aromatic carbocycles. The van der Waals surface area contributed by atoms with Crippen LogP contribution < -0.4 is 11.1 Å². The van der Waals surface area contributed by atoms with Gasteiger partial charge in [-0.3, -0.25) is 9.79 Å². The van der Waals surface area contributed by atoms with Gasteiger partial charge in [0.2, 0.25) is 0 Å². The van der Waals surface area contributed by atoms with Crippen molar-refractivity contribution >= 4 is 17.4 Å². The molecule has 0 radical (unpaired) electrons. The van der Waals surface area contributed by atoms with Gasteiger partial charge in [-0.15, -0.1) is 0 Å². The Labute approximate surface area is 117 Å². The molecule has 0 fully saturated rings. The van der Waals surface area contributed by atoms with E-state index in [1.807, 2.05) is 26.0 Å². The molecule has 0 unspecified atom stereocenters. The van der Waals surface area contributed by atoms with Crippen molar-refractivity contribution in [1.29, 1.82) is 0 Å². The third-order valence-electron chi connectivity index (χ3n) is 2.58. The van der Waals surface area contributed by atoms with Gasteiger partial charge in [0.1, 0.15) is 5.84 Å². The van der Waals surface area contributed by atoms with E-state index < -0.39 is 0 Å². The summed E-state index contributed by atoms with van der Waals surface area (Å²) in [5.41, 5.74) is 7.37. The molecule has 5 nitrogen and oxygen atoms in total. The molecule has 2 rings (SSSR count). The molecule has 1 heterocycles. The number of amidine groups is 1. The lowest BCUT2D eigenvalue weighted by Crippen LogP contribution is -2.16. The number of nitrogens with one attached hydrogen (secondary N) is 1. The van der Waals surface area contributed by atoms with Crippen molar-refractivity contribution in [2.24, 2.45) is 10.7 Å². The van der Waals surface area contributed by atoms with Gasteiger partial charge in [0, 0.05) is 17.3 Å². The van der Waals surface area contributed by atoms with Crippen LogP contribution in [0.2, 0.25) is 0 Å². The number of rotatable bonds is 4. The molecule has 1 amide bonds. The van der Waals surface area contributed by atoms with Gasteiger partial charge in [0.15, 0.2) is 5.76 Å². The van der Waals surface area contributed by atoms with E-state index in [1.54, 1.807) is 24.3 Å². The fourth-order valence-electron chi connectivity index (χ4n) is 1.68. The number of carbonyl (C=O) groups excluding carboxylic acids is 1. The number of nitrogens with zero attached hydrogens (tertiary/aromatic N) is 1. The lowest BCUT2D eigenvalue weighted by molar-refractivity contribution is 0.0996. The van der Waals surface area contributed by atoms with Gasteiger partial charge in [0.25, 0.3) is 5.91 Å². The SMILES string of the molecule is CC(C)N=C(N)c1ccc(NC(=O)c2ccco2)cc1. The highest BCUT2D eigenvalue weighted by Gasteiger charge is 2.08. The lowest BCUT2D eigenvalue weighted by Gasteiger charge is -2.06. The van der Waals surface area contributed by atoms with Crippen LogP contribution in [0.25, 0.3) is 0 Å². The first-order valence-corrected chi connectivity index (χ1v) is 6.35. The molecule has 0 aliphatic rings. The molecular weight excluding hydrogens is 254 g/mol. The van der Waals surface area contributed by atoms with Crippen LogP contribution in [0, 0.1) is 0 Å². The normalized spacial score (nSPS) is 11.7. The number of amides is 1. The maximum Gasteiger partial charge on any atom is 0.291 e. The fraction of sp³-hybridized carbons (Fsp3) is 0.200. The number of carbonyl (C=O) groups is 1. The number of benzene rings is 1. The average Bonchev–Trinajstić information content (AvgIpc) is 2.92. The van der Waals surface area contributed by atoms with Crippen molar-refractivity contribution in [3.63, 3.8) is 0 Å². The Bertz CT molecular complexity index is 599. The molecule has 0 saturated heterocycles. The summed E-state index contributed by atoms with van der Waals surface area (Å²) in [6, 6.07) is 10.6. The second-order valence-corrected chi connectivity index (χ2v) is 4.62. The van der Waals surface area contributed by atoms with Crippen molar-refractivity contribution in [3.05, 3.63) is 54.0 Å². The standard InChI is InChI=1S/C15H17N3O2/c1-10(2)17-14(16)11-5-7-12(8-6-11)18-15(19)13-4-3-9-20-13/h3-10H,1-2H3,(H2,16,17)(H,18,19). The number of furan rings is 1. The second-order valence-electron chi connectivity index (χ2n) is 4.62. The van der Waals surface area contributed by atoms with Gasteiger partial charge in [-0.05, 0) is 50.2 Å². The van der Waals surface area contributed by atoms with Gasteiger partial charge in [-0.2, -0.15) is 0 Å². The molecule has 0 bridgehead atoms. The molecule has 5 heteroatoms.